The number of ether oxygens (including phenoxy) is 1. The molecule has 2 fully saturated rings. The van der Waals surface area contributed by atoms with Gasteiger partial charge in [0.25, 0.3) is 10.0 Å². The highest BCUT2D eigenvalue weighted by Crippen LogP contribution is 2.39. The zero-order valence-corrected chi connectivity index (χ0v) is 10.1. The quantitative estimate of drug-likeness (QED) is 0.810. The zero-order valence-electron chi connectivity index (χ0n) is 9.30. The van der Waals surface area contributed by atoms with E-state index in [4.69, 9.17) is 4.74 Å². The molecule has 6 nitrogen and oxygen atoms in total. The summed E-state index contributed by atoms with van der Waals surface area (Å²) in [5.74, 6) is 0.534. The van der Waals surface area contributed by atoms with Crippen molar-refractivity contribution in [3.8, 4) is 0 Å². The number of hydrogen-bond donors (Lipinski definition) is 2. The standard InChI is InChI=1S/C10H15N3O3S/c14-17(15,9-5-11-6-12-9)13-8-3-4-16-10(8)7-1-2-7/h5-8,10,13H,1-4H2,(H,11,12). The largest absolute Gasteiger partial charge is 0.376 e. The fraction of sp³-hybridized carbons (Fsp3) is 0.700. The third kappa shape index (κ3) is 2.22. The van der Waals surface area contributed by atoms with Gasteiger partial charge in [-0.05, 0) is 25.2 Å². The van der Waals surface area contributed by atoms with Crippen LogP contribution in [0.3, 0.4) is 0 Å². The molecule has 0 aromatic carbocycles. The Labute approximate surface area is 99.8 Å². The monoisotopic (exact) mass is 257 g/mol. The maximum absolute atomic E-state index is 12.0. The average molecular weight is 257 g/mol. The number of rotatable bonds is 4. The third-order valence-electron chi connectivity index (χ3n) is 3.29. The van der Waals surface area contributed by atoms with Crippen molar-refractivity contribution in [2.75, 3.05) is 6.61 Å². The second-order valence-electron chi connectivity index (χ2n) is 4.61. The van der Waals surface area contributed by atoms with Gasteiger partial charge in [0.1, 0.15) is 0 Å². The van der Waals surface area contributed by atoms with E-state index in [0.717, 1.165) is 19.3 Å². The number of H-pyrrole nitrogens is 1. The predicted molar refractivity (Wildman–Crippen MR) is 59.8 cm³/mol. The summed E-state index contributed by atoms with van der Waals surface area (Å²) >= 11 is 0. The Kier molecular flexibility index (Phi) is 2.68. The first-order chi connectivity index (χ1) is 8.17. The van der Waals surface area contributed by atoms with Crippen molar-refractivity contribution in [2.24, 2.45) is 5.92 Å². The summed E-state index contributed by atoms with van der Waals surface area (Å²) in [5.41, 5.74) is 0. The maximum Gasteiger partial charge on any atom is 0.257 e. The molecule has 1 aliphatic heterocycles. The van der Waals surface area contributed by atoms with Crippen LogP contribution in [0.15, 0.2) is 17.6 Å². The van der Waals surface area contributed by atoms with Gasteiger partial charge in [-0.25, -0.2) is 18.1 Å². The van der Waals surface area contributed by atoms with Gasteiger partial charge in [-0.3, -0.25) is 0 Å². The van der Waals surface area contributed by atoms with E-state index in [1.165, 1.54) is 12.5 Å². The highest BCUT2D eigenvalue weighted by molar-refractivity contribution is 7.89. The van der Waals surface area contributed by atoms with Crippen LogP contribution >= 0.6 is 0 Å². The lowest BCUT2D eigenvalue weighted by molar-refractivity contribution is 0.0848. The van der Waals surface area contributed by atoms with Gasteiger partial charge >= 0.3 is 0 Å². The topological polar surface area (TPSA) is 84.1 Å². The van der Waals surface area contributed by atoms with Crippen molar-refractivity contribution in [1.82, 2.24) is 14.7 Å². The van der Waals surface area contributed by atoms with E-state index < -0.39 is 10.0 Å². The molecule has 1 saturated heterocycles. The first-order valence-corrected chi connectivity index (χ1v) is 7.27. The van der Waals surface area contributed by atoms with Crippen LogP contribution in [0.25, 0.3) is 0 Å². The van der Waals surface area contributed by atoms with Gasteiger partial charge in [0.2, 0.25) is 0 Å². The van der Waals surface area contributed by atoms with Crippen LogP contribution in [0, 0.1) is 5.92 Å². The van der Waals surface area contributed by atoms with Gasteiger partial charge in [0, 0.05) is 6.61 Å². The fourth-order valence-corrected chi connectivity index (χ4v) is 3.46. The van der Waals surface area contributed by atoms with E-state index in [0.29, 0.717) is 12.5 Å². The molecule has 2 heterocycles. The van der Waals surface area contributed by atoms with Crippen molar-refractivity contribution in [3.63, 3.8) is 0 Å². The molecule has 17 heavy (non-hydrogen) atoms. The molecule has 0 radical (unpaired) electrons. The molecule has 94 valence electrons. The number of hydrogen-bond acceptors (Lipinski definition) is 4. The minimum atomic E-state index is -3.49. The Bertz CT molecular complexity index is 481. The molecular weight excluding hydrogens is 242 g/mol. The first kappa shape index (κ1) is 11.2. The lowest BCUT2D eigenvalue weighted by Gasteiger charge is -2.18. The van der Waals surface area contributed by atoms with E-state index in [2.05, 4.69) is 14.7 Å². The molecule has 3 rings (SSSR count). The molecule has 1 aromatic rings. The number of aromatic nitrogens is 2. The Hall–Kier alpha value is -0.920. The van der Waals surface area contributed by atoms with Gasteiger partial charge < -0.3 is 9.72 Å². The number of aromatic amines is 1. The Morgan fingerprint density at radius 1 is 1.41 bits per heavy atom. The summed E-state index contributed by atoms with van der Waals surface area (Å²) < 4.78 is 32.3. The molecule has 0 amide bonds. The summed E-state index contributed by atoms with van der Waals surface area (Å²) in [6.45, 7) is 0.636. The van der Waals surface area contributed by atoms with Crippen LogP contribution in [0.2, 0.25) is 0 Å². The summed E-state index contributed by atoms with van der Waals surface area (Å²) in [5, 5.41) is 0.110. The van der Waals surface area contributed by atoms with Crippen LogP contribution in [0.5, 0.6) is 0 Å². The molecular formula is C10H15N3O3S. The van der Waals surface area contributed by atoms with E-state index >= 15 is 0 Å². The molecule has 2 N–H and O–H groups in total. The molecule has 0 spiro atoms. The Balaban J connectivity index is 1.74. The van der Waals surface area contributed by atoms with E-state index in [1.54, 1.807) is 0 Å². The van der Waals surface area contributed by atoms with Crippen LogP contribution < -0.4 is 4.72 Å². The second kappa shape index (κ2) is 4.08. The van der Waals surface area contributed by atoms with Crippen molar-refractivity contribution in [1.29, 1.82) is 0 Å². The van der Waals surface area contributed by atoms with E-state index in [-0.39, 0.29) is 17.2 Å². The van der Waals surface area contributed by atoms with Crippen molar-refractivity contribution >= 4 is 10.0 Å². The molecule has 7 heteroatoms. The number of nitrogens with zero attached hydrogens (tertiary/aromatic N) is 1. The normalized spacial score (nSPS) is 29.6. The van der Waals surface area contributed by atoms with Gasteiger partial charge in [-0.1, -0.05) is 0 Å². The van der Waals surface area contributed by atoms with Crippen molar-refractivity contribution in [2.45, 2.75) is 36.4 Å². The molecule has 1 aliphatic carbocycles. The highest BCUT2D eigenvalue weighted by atomic mass is 32.2. The van der Waals surface area contributed by atoms with Crippen LogP contribution in [-0.2, 0) is 14.8 Å². The minimum absolute atomic E-state index is 0.0488. The Morgan fingerprint density at radius 2 is 2.24 bits per heavy atom. The van der Waals surface area contributed by atoms with Gasteiger partial charge in [0.05, 0.1) is 24.7 Å². The number of imidazole rings is 1. The zero-order chi connectivity index (χ0) is 11.9. The smallest absolute Gasteiger partial charge is 0.257 e. The molecule has 0 bridgehead atoms. The fourth-order valence-electron chi connectivity index (χ4n) is 2.28. The van der Waals surface area contributed by atoms with Crippen LogP contribution in [0.1, 0.15) is 19.3 Å². The molecule has 2 atom stereocenters. The summed E-state index contributed by atoms with van der Waals surface area (Å²) in [7, 11) is -3.49. The Morgan fingerprint density at radius 3 is 2.88 bits per heavy atom. The minimum Gasteiger partial charge on any atom is -0.376 e. The first-order valence-electron chi connectivity index (χ1n) is 5.79. The molecule has 2 aliphatic rings. The second-order valence-corrected chi connectivity index (χ2v) is 6.29. The summed E-state index contributed by atoms with van der Waals surface area (Å²) in [6.07, 6.45) is 5.75. The average Bonchev–Trinajstić information content (AvgIpc) is 2.82. The lowest BCUT2D eigenvalue weighted by atomic mass is 10.1. The van der Waals surface area contributed by atoms with E-state index in [1.807, 2.05) is 0 Å². The van der Waals surface area contributed by atoms with Crippen LogP contribution in [-0.4, -0.2) is 37.1 Å². The maximum atomic E-state index is 12.0. The van der Waals surface area contributed by atoms with Gasteiger partial charge in [0.15, 0.2) is 5.03 Å². The molecule has 2 unspecified atom stereocenters. The highest BCUT2D eigenvalue weighted by Gasteiger charge is 2.42. The predicted octanol–water partition coefficient (Wildman–Crippen LogP) is 0.255. The van der Waals surface area contributed by atoms with Crippen molar-refractivity contribution < 1.29 is 13.2 Å². The van der Waals surface area contributed by atoms with Gasteiger partial charge in [-0.2, -0.15) is 0 Å². The SMILES string of the molecule is O=S(=O)(NC1CCOC1C1CC1)c1cnc[nH]1. The summed E-state index contributed by atoms with van der Waals surface area (Å²) in [6, 6.07) is -0.101. The van der Waals surface area contributed by atoms with E-state index in [9.17, 15) is 8.42 Å². The van der Waals surface area contributed by atoms with Crippen molar-refractivity contribution in [3.05, 3.63) is 12.5 Å². The lowest BCUT2D eigenvalue weighted by Crippen LogP contribution is -2.41. The van der Waals surface area contributed by atoms with Gasteiger partial charge in [-0.15, -0.1) is 0 Å². The van der Waals surface area contributed by atoms with Crippen LogP contribution in [0.4, 0.5) is 0 Å². The summed E-state index contributed by atoms with van der Waals surface area (Å²) in [4.78, 5) is 6.33. The number of nitrogens with one attached hydrogen (secondary N) is 2. The molecule has 1 saturated carbocycles. The third-order valence-corrected chi connectivity index (χ3v) is 4.71. The molecule has 1 aromatic heterocycles. The number of sulfonamides is 1.